The topological polar surface area (TPSA) is 74.2 Å². The van der Waals surface area contributed by atoms with Gasteiger partial charge in [0.2, 0.25) is 5.88 Å². The minimum atomic E-state index is -0.0115. The van der Waals surface area contributed by atoms with E-state index in [1.54, 1.807) is 12.1 Å². The molecular formula is C16H21N3O. The van der Waals surface area contributed by atoms with Gasteiger partial charge in [-0.25, -0.2) is 0 Å². The summed E-state index contributed by atoms with van der Waals surface area (Å²) in [5.41, 5.74) is 14.1. The lowest BCUT2D eigenvalue weighted by Gasteiger charge is -2.23. The highest BCUT2D eigenvalue weighted by atomic mass is 16.5. The van der Waals surface area contributed by atoms with E-state index >= 15 is 0 Å². The molecule has 106 valence electrons. The average Bonchev–Trinajstić information content (AvgIpc) is 2.32. The zero-order valence-corrected chi connectivity index (χ0v) is 12.4. The lowest BCUT2D eigenvalue weighted by molar-refractivity contribution is 0.440. The standard InChI is InChI=1S/C16H21N3O/c1-10-5-6-11(16(2,3)4)13(9-10)20-14-8-7-12(17)15(18)19-14/h5-9H,17H2,1-4H3,(H2,18,19). The highest BCUT2D eigenvalue weighted by Crippen LogP contribution is 2.34. The molecule has 4 heteroatoms. The van der Waals surface area contributed by atoms with Gasteiger partial charge in [-0.2, -0.15) is 4.98 Å². The number of hydrogen-bond acceptors (Lipinski definition) is 4. The van der Waals surface area contributed by atoms with Crippen molar-refractivity contribution in [3.05, 3.63) is 41.5 Å². The first kappa shape index (κ1) is 14.2. The molecule has 0 radical (unpaired) electrons. The Kier molecular flexibility index (Phi) is 3.57. The molecule has 0 saturated heterocycles. The summed E-state index contributed by atoms with van der Waals surface area (Å²) < 4.78 is 5.91. The fourth-order valence-corrected chi connectivity index (χ4v) is 1.97. The SMILES string of the molecule is Cc1ccc(C(C)(C)C)c(Oc2ccc(N)c(N)n2)c1. The highest BCUT2D eigenvalue weighted by molar-refractivity contribution is 5.59. The van der Waals surface area contributed by atoms with E-state index < -0.39 is 0 Å². The molecule has 1 heterocycles. The van der Waals surface area contributed by atoms with Crippen molar-refractivity contribution in [2.45, 2.75) is 33.1 Å². The molecule has 4 nitrogen and oxygen atoms in total. The second kappa shape index (κ2) is 5.04. The maximum Gasteiger partial charge on any atom is 0.221 e. The summed E-state index contributed by atoms with van der Waals surface area (Å²) in [6.07, 6.45) is 0. The van der Waals surface area contributed by atoms with Gasteiger partial charge in [0.15, 0.2) is 5.82 Å². The van der Waals surface area contributed by atoms with Gasteiger partial charge in [0.05, 0.1) is 5.69 Å². The lowest BCUT2D eigenvalue weighted by atomic mass is 9.86. The number of nitrogens with zero attached hydrogens (tertiary/aromatic N) is 1. The summed E-state index contributed by atoms with van der Waals surface area (Å²) >= 11 is 0. The van der Waals surface area contributed by atoms with Crippen molar-refractivity contribution >= 4 is 11.5 Å². The molecular weight excluding hydrogens is 250 g/mol. The molecule has 2 rings (SSSR count). The summed E-state index contributed by atoms with van der Waals surface area (Å²) in [4.78, 5) is 4.15. The lowest BCUT2D eigenvalue weighted by Crippen LogP contribution is -2.13. The Bertz CT molecular complexity index is 630. The van der Waals surface area contributed by atoms with Crippen molar-refractivity contribution in [1.29, 1.82) is 0 Å². The fraction of sp³-hybridized carbons (Fsp3) is 0.312. The second-order valence-corrected chi connectivity index (χ2v) is 5.98. The molecule has 0 atom stereocenters. The van der Waals surface area contributed by atoms with Crippen LogP contribution in [0.25, 0.3) is 0 Å². The summed E-state index contributed by atoms with van der Waals surface area (Å²) in [6.45, 7) is 8.48. The Morgan fingerprint density at radius 2 is 1.75 bits per heavy atom. The van der Waals surface area contributed by atoms with E-state index in [0.29, 0.717) is 11.6 Å². The molecule has 0 saturated carbocycles. The van der Waals surface area contributed by atoms with Gasteiger partial charge in [0, 0.05) is 11.6 Å². The normalized spacial score (nSPS) is 11.4. The van der Waals surface area contributed by atoms with Crippen molar-refractivity contribution in [1.82, 2.24) is 4.98 Å². The van der Waals surface area contributed by atoms with Crippen LogP contribution < -0.4 is 16.2 Å². The molecule has 0 aliphatic heterocycles. The third kappa shape index (κ3) is 3.02. The molecule has 0 bridgehead atoms. The molecule has 20 heavy (non-hydrogen) atoms. The van der Waals surface area contributed by atoms with Crippen molar-refractivity contribution in [3.8, 4) is 11.6 Å². The van der Waals surface area contributed by atoms with Crippen LogP contribution in [0.5, 0.6) is 11.6 Å². The number of rotatable bonds is 2. The first-order valence-electron chi connectivity index (χ1n) is 6.58. The minimum Gasteiger partial charge on any atom is -0.439 e. The number of nitrogens with two attached hydrogens (primary N) is 2. The van der Waals surface area contributed by atoms with E-state index in [4.69, 9.17) is 16.2 Å². The van der Waals surface area contributed by atoms with Gasteiger partial charge in [-0.3, -0.25) is 0 Å². The van der Waals surface area contributed by atoms with Crippen LogP contribution in [0, 0.1) is 6.92 Å². The fourth-order valence-electron chi connectivity index (χ4n) is 1.97. The number of aromatic nitrogens is 1. The van der Waals surface area contributed by atoms with Gasteiger partial charge < -0.3 is 16.2 Å². The minimum absolute atomic E-state index is 0.0115. The Morgan fingerprint density at radius 3 is 2.35 bits per heavy atom. The van der Waals surface area contributed by atoms with Crippen LogP contribution in [0.1, 0.15) is 31.9 Å². The predicted octanol–water partition coefficient (Wildman–Crippen LogP) is 3.64. The van der Waals surface area contributed by atoms with Gasteiger partial charge in [0.1, 0.15) is 5.75 Å². The molecule has 4 N–H and O–H groups in total. The number of benzene rings is 1. The zero-order chi connectivity index (χ0) is 14.9. The van der Waals surface area contributed by atoms with Crippen LogP contribution in [-0.2, 0) is 5.41 Å². The second-order valence-electron chi connectivity index (χ2n) is 5.98. The van der Waals surface area contributed by atoms with Crippen LogP contribution in [0.15, 0.2) is 30.3 Å². The van der Waals surface area contributed by atoms with E-state index in [2.05, 4.69) is 37.9 Å². The Hall–Kier alpha value is -2.23. The van der Waals surface area contributed by atoms with Crippen LogP contribution in [-0.4, -0.2) is 4.98 Å². The van der Waals surface area contributed by atoms with Crippen LogP contribution in [0.4, 0.5) is 11.5 Å². The smallest absolute Gasteiger partial charge is 0.221 e. The number of ether oxygens (including phenoxy) is 1. The number of anilines is 2. The summed E-state index contributed by atoms with van der Waals surface area (Å²) in [5, 5.41) is 0. The molecule has 0 amide bonds. The predicted molar refractivity (Wildman–Crippen MR) is 83.0 cm³/mol. The maximum atomic E-state index is 5.91. The van der Waals surface area contributed by atoms with E-state index in [9.17, 15) is 0 Å². The zero-order valence-electron chi connectivity index (χ0n) is 12.4. The number of pyridine rings is 1. The molecule has 0 fully saturated rings. The number of hydrogen-bond donors (Lipinski definition) is 2. The van der Waals surface area contributed by atoms with Gasteiger partial charge in [-0.05, 0) is 30.0 Å². The molecule has 0 spiro atoms. The molecule has 0 aliphatic carbocycles. The molecule has 1 aromatic heterocycles. The van der Waals surface area contributed by atoms with E-state index in [1.165, 1.54) is 0 Å². The third-order valence-corrected chi connectivity index (χ3v) is 3.09. The van der Waals surface area contributed by atoms with E-state index in [0.717, 1.165) is 16.9 Å². The third-order valence-electron chi connectivity index (χ3n) is 3.09. The molecule has 2 aromatic rings. The van der Waals surface area contributed by atoms with Crippen molar-refractivity contribution in [3.63, 3.8) is 0 Å². The summed E-state index contributed by atoms with van der Waals surface area (Å²) in [7, 11) is 0. The Morgan fingerprint density at radius 1 is 1.05 bits per heavy atom. The van der Waals surface area contributed by atoms with Gasteiger partial charge >= 0.3 is 0 Å². The Labute approximate surface area is 119 Å². The first-order chi connectivity index (χ1) is 9.27. The maximum absolute atomic E-state index is 5.91. The monoisotopic (exact) mass is 271 g/mol. The molecule has 0 aliphatic rings. The van der Waals surface area contributed by atoms with Gasteiger partial charge in [-0.15, -0.1) is 0 Å². The molecule has 1 aromatic carbocycles. The van der Waals surface area contributed by atoms with Crippen molar-refractivity contribution in [2.24, 2.45) is 0 Å². The van der Waals surface area contributed by atoms with E-state index in [-0.39, 0.29) is 11.2 Å². The summed E-state index contributed by atoms with van der Waals surface area (Å²) in [6, 6.07) is 9.60. The summed E-state index contributed by atoms with van der Waals surface area (Å²) in [5.74, 6) is 1.54. The van der Waals surface area contributed by atoms with E-state index in [1.807, 2.05) is 13.0 Å². The quantitative estimate of drug-likeness (QED) is 0.874. The van der Waals surface area contributed by atoms with Crippen LogP contribution >= 0.6 is 0 Å². The van der Waals surface area contributed by atoms with Crippen LogP contribution in [0.3, 0.4) is 0 Å². The number of nitrogen functional groups attached to an aromatic ring is 2. The largest absolute Gasteiger partial charge is 0.439 e. The average molecular weight is 271 g/mol. The molecule has 0 unspecified atom stereocenters. The van der Waals surface area contributed by atoms with Gasteiger partial charge in [0.25, 0.3) is 0 Å². The van der Waals surface area contributed by atoms with Gasteiger partial charge in [-0.1, -0.05) is 32.9 Å². The first-order valence-corrected chi connectivity index (χ1v) is 6.58. The van der Waals surface area contributed by atoms with Crippen molar-refractivity contribution < 1.29 is 4.74 Å². The van der Waals surface area contributed by atoms with Crippen LogP contribution in [0.2, 0.25) is 0 Å². The number of aryl methyl sites for hydroxylation is 1. The van der Waals surface area contributed by atoms with Crippen molar-refractivity contribution in [2.75, 3.05) is 11.5 Å². The highest BCUT2D eigenvalue weighted by Gasteiger charge is 2.19. The Balaban J connectivity index is 2.42.